The van der Waals surface area contributed by atoms with Crippen LogP contribution in [0.1, 0.15) is 26.7 Å². The van der Waals surface area contributed by atoms with Gasteiger partial charge in [-0.2, -0.15) is 0 Å². The molecule has 0 aliphatic carbocycles. The second-order valence-corrected chi connectivity index (χ2v) is 4.16. The van der Waals surface area contributed by atoms with Gasteiger partial charge in [-0.1, -0.05) is 36.4 Å². The summed E-state index contributed by atoms with van der Waals surface area (Å²) in [4.78, 5) is 10.4. The Hall–Kier alpha value is 0.200. The van der Waals surface area contributed by atoms with E-state index in [1.807, 2.05) is 0 Å². The van der Waals surface area contributed by atoms with Gasteiger partial charge in [0.25, 0.3) is 0 Å². The second-order valence-electron chi connectivity index (χ2n) is 3.08. The fourth-order valence-corrected chi connectivity index (χ4v) is 1.84. The number of carbonyl (C=O) groups is 1. The lowest BCUT2D eigenvalue weighted by atomic mass is 9.90. The zero-order chi connectivity index (χ0) is 8.85. The number of alkyl halides is 1. The van der Waals surface area contributed by atoms with Crippen molar-refractivity contribution < 1.29 is 9.90 Å². The van der Waals surface area contributed by atoms with Crippen molar-refractivity contribution in [2.24, 2.45) is 11.8 Å². The molecule has 0 heterocycles. The van der Waals surface area contributed by atoms with E-state index in [4.69, 9.17) is 5.11 Å². The van der Waals surface area contributed by atoms with Gasteiger partial charge in [-0.3, -0.25) is 4.79 Å². The number of aliphatic carboxylic acids is 1. The number of carboxylic acid groups (broad SMARTS) is 1. The molecule has 0 rings (SSSR count). The number of hydrogen-bond donors (Lipinski definition) is 1. The van der Waals surface area contributed by atoms with Crippen molar-refractivity contribution in [1.82, 2.24) is 0 Å². The maximum Gasteiger partial charge on any atom is 0.303 e. The number of hydrogen-bond acceptors (Lipinski definition) is 1. The van der Waals surface area contributed by atoms with E-state index in [0.29, 0.717) is 18.3 Å². The van der Waals surface area contributed by atoms with Gasteiger partial charge in [0.2, 0.25) is 0 Å². The summed E-state index contributed by atoms with van der Waals surface area (Å²) in [6, 6.07) is 0. The first-order valence-corrected chi connectivity index (χ1v) is 5.38. The average molecular weight is 270 g/mol. The maximum absolute atomic E-state index is 10.4. The fourth-order valence-electron chi connectivity index (χ4n) is 1.04. The summed E-state index contributed by atoms with van der Waals surface area (Å²) >= 11 is 2.29. The third-order valence-corrected chi connectivity index (χ3v) is 2.48. The van der Waals surface area contributed by atoms with E-state index in [2.05, 4.69) is 36.4 Å². The van der Waals surface area contributed by atoms with Gasteiger partial charge in [-0.15, -0.1) is 0 Å². The molecule has 11 heavy (non-hydrogen) atoms. The minimum atomic E-state index is -0.673. The normalized spacial score (nSPS) is 13.5. The molecule has 0 aliphatic rings. The molecule has 1 N–H and O–H groups in total. The molecule has 0 aromatic rings. The smallest absolute Gasteiger partial charge is 0.303 e. The van der Waals surface area contributed by atoms with Gasteiger partial charge >= 0.3 is 5.97 Å². The highest BCUT2D eigenvalue weighted by molar-refractivity contribution is 14.1. The Balaban J connectivity index is 3.79. The van der Waals surface area contributed by atoms with Crippen LogP contribution < -0.4 is 0 Å². The molecule has 2 nitrogen and oxygen atoms in total. The molecule has 0 aliphatic heterocycles. The Morgan fingerprint density at radius 3 is 2.36 bits per heavy atom. The highest BCUT2D eigenvalue weighted by atomic mass is 127. The molecule has 0 aromatic heterocycles. The van der Waals surface area contributed by atoms with Crippen LogP contribution in [0.2, 0.25) is 0 Å². The molecule has 66 valence electrons. The summed E-state index contributed by atoms with van der Waals surface area (Å²) in [5.74, 6) is 0.166. The summed E-state index contributed by atoms with van der Waals surface area (Å²) in [6.07, 6.45) is 1.34. The molecule has 0 saturated heterocycles. The van der Waals surface area contributed by atoms with E-state index in [-0.39, 0.29) is 0 Å². The van der Waals surface area contributed by atoms with Crippen molar-refractivity contribution in [1.29, 1.82) is 0 Å². The Labute approximate surface area is 81.5 Å². The van der Waals surface area contributed by atoms with Crippen LogP contribution in [-0.4, -0.2) is 15.5 Å². The molecule has 1 unspecified atom stereocenters. The number of halogens is 1. The van der Waals surface area contributed by atoms with Gasteiger partial charge in [-0.25, -0.2) is 0 Å². The predicted molar refractivity (Wildman–Crippen MR) is 54.1 cm³/mol. The second kappa shape index (κ2) is 5.80. The van der Waals surface area contributed by atoms with Crippen molar-refractivity contribution in [3.05, 3.63) is 0 Å². The van der Waals surface area contributed by atoms with Crippen LogP contribution >= 0.6 is 22.6 Å². The minimum absolute atomic E-state index is 0.320. The Kier molecular flexibility index (Phi) is 5.91. The lowest BCUT2D eigenvalue weighted by molar-refractivity contribution is -0.138. The minimum Gasteiger partial charge on any atom is -0.481 e. The molecule has 0 aromatic carbocycles. The van der Waals surface area contributed by atoms with Crippen molar-refractivity contribution in [2.75, 3.05) is 4.43 Å². The highest BCUT2D eigenvalue weighted by Crippen LogP contribution is 2.19. The molecular formula is C8H15IO2. The zero-order valence-electron chi connectivity index (χ0n) is 7.01. The Bertz CT molecular complexity index is 123. The van der Waals surface area contributed by atoms with E-state index in [0.717, 1.165) is 10.8 Å². The van der Waals surface area contributed by atoms with Crippen LogP contribution in [0, 0.1) is 11.8 Å². The molecule has 0 amide bonds. The fraction of sp³-hybridized carbons (Fsp3) is 0.875. The van der Waals surface area contributed by atoms with E-state index in [9.17, 15) is 4.79 Å². The average Bonchev–Trinajstić information content (AvgIpc) is 1.86. The summed E-state index contributed by atoms with van der Waals surface area (Å²) in [7, 11) is 0. The molecule has 0 spiro atoms. The summed E-state index contributed by atoms with van der Waals surface area (Å²) in [5, 5.41) is 8.56. The van der Waals surface area contributed by atoms with Crippen molar-refractivity contribution in [3.8, 4) is 0 Å². The van der Waals surface area contributed by atoms with Crippen LogP contribution in [0.15, 0.2) is 0 Å². The quantitative estimate of drug-likeness (QED) is 0.615. The van der Waals surface area contributed by atoms with Crippen molar-refractivity contribution in [2.45, 2.75) is 26.7 Å². The lowest BCUT2D eigenvalue weighted by Gasteiger charge is -2.16. The molecule has 0 bridgehead atoms. The van der Waals surface area contributed by atoms with E-state index in [1.165, 1.54) is 0 Å². The molecule has 1 atom stereocenters. The largest absolute Gasteiger partial charge is 0.481 e. The monoisotopic (exact) mass is 270 g/mol. The first-order chi connectivity index (χ1) is 5.07. The van der Waals surface area contributed by atoms with Crippen LogP contribution in [0.25, 0.3) is 0 Å². The van der Waals surface area contributed by atoms with Gasteiger partial charge in [0.1, 0.15) is 0 Å². The van der Waals surface area contributed by atoms with Gasteiger partial charge in [0.05, 0.1) is 0 Å². The highest BCUT2D eigenvalue weighted by Gasteiger charge is 2.15. The first kappa shape index (κ1) is 11.2. The number of carboxylic acids is 1. The summed E-state index contributed by atoms with van der Waals surface area (Å²) in [6.45, 7) is 4.17. The maximum atomic E-state index is 10.4. The SMILES string of the molecule is CC(C)C(CCI)CC(=O)O. The van der Waals surface area contributed by atoms with Gasteiger partial charge in [-0.05, 0) is 22.7 Å². The summed E-state index contributed by atoms with van der Waals surface area (Å²) in [5.41, 5.74) is 0. The standard InChI is InChI=1S/C8H15IO2/c1-6(2)7(3-4-9)5-8(10)11/h6-7H,3-5H2,1-2H3,(H,10,11). The Morgan fingerprint density at radius 1 is 1.55 bits per heavy atom. The number of rotatable bonds is 5. The Morgan fingerprint density at radius 2 is 2.09 bits per heavy atom. The van der Waals surface area contributed by atoms with E-state index in [1.54, 1.807) is 0 Å². The molecule has 3 heteroatoms. The molecule has 0 fully saturated rings. The third-order valence-electron chi connectivity index (χ3n) is 1.86. The molecule has 0 radical (unpaired) electrons. The van der Waals surface area contributed by atoms with E-state index < -0.39 is 5.97 Å². The van der Waals surface area contributed by atoms with Gasteiger partial charge in [0, 0.05) is 6.42 Å². The van der Waals surface area contributed by atoms with Crippen LogP contribution in [0.4, 0.5) is 0 Å². The van der Waals surface area contributed by atoms with Crippen LogP contribution in [0.5, 0.6) is 0 Å². The first-order valence-electron chi connectivity index (χ1n) is 3.85. The van der Waals surface area contributed by atoms with Crippen molar-refractivity contribution in [3.63, 3.8) is 0 Å². The van der Waals surface area contributed by atoms with Crippen molar-refractivity contribution >= 4 is 28.6 Å². The lowest BCUT2D eigenvalue weighted by Crippen LogP contribution is -2.14. The van der Waals surface area contributed by atoms with Gasteiger partial charge < -0.3 is 5.11 Å². The summed E-state index contributed by atoms with van der Waals surface area (Å²) < 4.78 is 1.05. The molecule has 0 saturated carbocycles. The molecular weight excluding hydrogens is 255 g/mol. The predicted octanol–water partition coefficient (Wildman–Crippen LogP) is 2.56. The van der Waals surface area contributed by atoms with E-state index >= 15 is 0 Å². The van der Waals surface area contributed by atoms with Crippen LogP contribution in [0.3, 0.4) is 0 Å². The van der Waals surface area contributed by atoms with Gasteiger partial charge in [0.15, 0.2) is 0 Å². The topological polar surface area (TPSA) is 37.3 Å². The van der Waals surface area contributed by atoms with Crippen LogP contribution in [-0.2, 0) is 4.79 Å². The third kappa shape index (κ3) is 5.47. The zero-order valence-corrected chi connectivity index (χ0v) is 9.17.